The molecular formula is C31H27N3O5. The normalized spacial score (nSPS) is 10.7. The molecule has 0 spiro atoms. The number of nitrogens with one attached hydrogen (secondary N) is 1. The number of carbonyl (C=O) groups is 2. The number of furan rings is 1. The van der Waals surface area contributed by atoms with Crippen molar-refractivity contribution in [3.05, 3.63) is 114 Å². The fraction of sp³-hybridized carbons (Fsp3) is 0.0968. The highest BCUT2D eigenvalue weighted by Gasteiger charge is 2.20. The topological polar surface area (TPSA) is 107 Å². The van der Waals surface area contributed by atoms with Crippen molar-refractivity contribution in [1.29, 1.82) is 0 Å². The molecule has 3 N–H and O–H groups in total. The summed E-state index contributed by atoms with van der Waals surface area (Å²) in [5.74, 6) is 1.42. The van der Waals surface area contributed by atoms with E-state index in [4.69, 9.17) is 19.6 Å². The van der Waals surface area contributed by atoms with Gasteiger partial charge in [0.15, 0.2) is 0 Å². The number of anilines is 3. The van der Waals surface area contributed by atoms with Crippen LogP contribution in [0.25, 0.3) is 11.0 Å². The van der Waals surface area contributed by atoms with E-state index in [2.05, 4.69) is 5.32 Å². The molecule has 4 aromatic carbocycles. The average molecular weight is 522 g/mol. The molecule has 5 aromatic rings. The first-order chi connectivity index (χ1) is 19.1. The number of ether oxygens (including phenoxy) is 2. The highest BCUT2D eigenvalue weighted by molar-refractivity contribution is 6.05. The standard InChI is InChI=1S/C31H27N3O5/c32-27-11-5-6-12-28(27)33-30(36)22-14-16-24(17-15-22)37-19-18-34(21-35)31-26(20-38-23-8-2-1-3-9-23)25-10-4-7-13-29(25)39-31/h1-17,21H,18-20,32H2,(H,33,36). The molecule has 8 heteroatoms. The number of nitrogen functional groups attached to an aromatic ring is 1. The van der Waals surface area contributed by atoms with Gasteiger partial charge < -0.3 is 24.9 Å². The van der Waals surface area contributed by atoms with Crippen LogP contribution in [0.1, 0.15) is 15.9 Å². The predicted octanol–water partition coefficient (Wildman–Crippen LogP) is 5.89. The van der Waals surface area contributed by atoms with E-state index in [1.165, 1.54) is 4.90 Å². The maximum atomic E-state index is 12.6. The van der Waals surface area contributed by atoms with Crippen molar-refractivity contribution in [2.75, 3.05) is 29.1 Å². The zero-order valence-corrected chi connectivity index (χ0v) is 21.1. The first kappa shape index (κ1) is 25.4. The number of amides is 2. The van der Waals surface area contributed by atoms with Crippen LogP contribution in [0.4, 0.5) is 17.3 Å². The quantitative estimate of drug-likeness (QED) is 0.166. The van der Waals surface area contributed by atoms with E-state index in [1.807, 2.05) is 54.6 Å². The Morgan fingerprint density at radius 1 is 0.846 bits per heavy atom. The number of fused-ring (bicyclic) bond motifs is 1. The lowest BCUT2D eigenvalue weighted by atomic mass is 10.1. The molecule has 0 unspecified atom stereocenters. The van der Waals surface area contributed by atoms with Crippen LogP contribution in [0.15, 0.2) is 108 Å². The van der Waals surface area contributed by atoms with Crippen molar-refractivity contribution in [2.45, 2.75) is 6.61 Å². The van der Waals surface area contributed by atoms with Gasteiger partial charge in [-0.25, -0.2) is 0 Å². The first-order valence-corrected chi connectivity index (χ1v) is 12.4. The van der Waals surface area contributed by atoms with Crippen LogP contribution in [-0.4, -0.2) is 25.5 Å². The smallest absolute Gasteiger partial charge is 0.255 e. The molecule has 0 aliphatic rings. The molecule has 196 valence electrons. The fourth-order valence-corrected chi connectivity index (χ4v) is 4.10. The molecule has 0 bridgehead atoms. The van der Waals surface area contributed by atoms with Gasteiger partial charge in [0.2, 0.25) is 12.3 Å². The Hall–Kier alpha value is -5.24. The molecule has 1 heterocycles. The number of rotatable bonds is 11. The Kier molecular flexibility index (Phi) is 7.73. The Morgan fingerprint density at radius 3 is 2.31 bits per heavy atom. The second-order valence-electron chi connectivity index (χ2n) is 8.70. The van der Waals surface area contributed by atoms with E-state index < -0.39 is 0 Å². The maximum Gasteiger partial charge on any atom is 0.255 e. The molecule has 8 nitrogen and oxygen atoms in total. The lowest BCUT2D eigenvalue weighted by molar-refractivity contribution is -0.107. The number of para-hydroxylation sites is 4. The third-order valence-electron chi connectivity index (χ3n) is 6.12. The van der Waals surface area contributed by atoms with E-state index in [0.717, 1.165) is 23.1 Å². The number of carbonyl (C=O) groups excluding carboxylic acids is 2. The van der Waals surface area contributed by atoms with Gasteiger partial charge in [-0.2, -0.15) is 0 Å². The second kappa shape index (κ2) is 11.9. The molecule has 2 amide bonds. The minimum Gasteiger partial charge on any atom is -0.492 e. The van der Waals surface area contributed by atoms with Gasteiger partial charge in [-0.3, -0.25) is 14.5 Å². The van der Waals surface area contributed by atoms with Crippen molar-refractivity contribution < 1.29 is 23.5 Å². The number of benzene rings is 4. The summed E-state index contributed by atoms with van der Waals surface area (Å²) in [6.07, 6.45) is 0.718. The van der Waals surface area contributed by atoms with Crippen molar-refractivity contribution >= 4 is 40.5 Å². The highest BCUT2D eigenvalue weighted by atomic mass is 16.5. The lowest BCUT2D eigenvalue weighted by Gasteiger charge is -2.17. The van der Waals surface area contributed by atoms with Crippen LogP contribution in [0.5, 0.6) is 11.5 Å². The number of hydrogen-bond donors (Lipinski definition) is 2. The first-order valence-electron chi connectivity index (χ1n) is 12.4. The van der Waals surface area contributed by atoms with Crippen LogP contribution in [0.2, 0.25) is 0 Å². The van der Waals surface area contributed by atoms with Gasteiger partial charge in [-0.1, -0.05) is 48.5 Å². The fourth-order valence-electron chi connectivity index (χ4n) is 4.10. The van der Waals surface area contributed by atoms with Gasteiger partial charge in [0.05, 0.1) is 23.5 Å². The van der Waals surface area contributed by atoms with Crippen LogP contribution in [-0.2, 0) is 11.4 Å². The number of nitrogens with two attached hydrogens (primary N) is 1. The van der Waals surface area contributed by atoms with Crippen LogP contribution >= 0.6 is 0 Å². The summed E-state index contributed by atoms with van der Waals surface area (Å²) in [4.78, 5) is 26.1. The van der Waals surface area contributed by atoms with Gasteiger partial charge in [-0.05, 0) is 54.6 Å². The van der Waals surface area contributed by atoms with Crippen LogP contribution < -0.4 is 25.4 Å². The zero-order chi connectivity index (χ0) is 27.0. The van der Waals surface area contributed by atoms with Gasteiger partial charge in [-0.15, -0.1) is 0 Å². The van der Waals surface area contributed by atoms with Crippen molar-refractivity contribution in [2.24, 2.45) is 0 Å². The Balaban J connectivity index is 1.23. The molecule has 39 heavy (non-hydrogen) atoms. The van der Waals surface area contributed by atoms with E-state index in [9.17, 15) is 9.59 Å². The van der Waals surface area contributed by atoms with Crippen LogP contribution in [0, 0.1) is 0 Å². The van der Waals surface area contributed by atoms with Gasteiger partial charge in [0.25, 0.3) is 5.91 Å². The lowest BCUT2D eigenvalue weighted by Crippen LogP contribution is -2.27. The summed E-state index contributed by atoms with van der Waals surface area (Å²) >= 11 is 0. The minimum absolute atomic E-state index is 0.209. The van der Waals surface area contributed by atoms with E-state index >= 15 is 0 Å². The summed E-state index contributed by atoms with van der Waals surface area (Å²) in [7, 11) is 0. The molecule has 0 saturated heterocycles. The summed E-state index contributed by atoms with van der Waals surface area (Å²) in [5, 5.41) is 3.67. The molecule has 0 radical (unpaired) electrons. The highest BCUT2D eigenvalue weighted by Crippen LogP contribution is 2.33. The largest absolute Gasteiger partial charge is 0.492 e. The van der Waals surface area contributed by atoms with Crippen molar-refractivity contribution in [3.63, 3.8) is 0 Å². The number of hydrogen-bond acceptors (Lipinski definition) is 6. The van der Waals surface area contributed by atoms with E-state index in [0.29, 0.717) is 34.2 Å². The third kappa shape index (κ3) is 6.02. The van der Waals surface area contributed by atoms with Gasteiger partial charge in [0, 0.05) is 10.9 Å². The third-order valence-corrected chi connectivity index (χ3v) is 6.12. The molecule has 0 fully saturated rings. The molecule has 0 atom stereocenters. The monoisotopic (exact) mass is 521 g/mol. The summed E-state index contributed by atoms with van der Waals surface area (Å²) in [5.41, 5.74) is 8.85. The molecule has 5 rings (SSSR count). The molecule has 0 saturated carbocycles. The van der Waals surface area contributed by atoms with Gasteiger partial charge in [0.1, 0.15) is 30.3 Å². The maximum absolute atomic E-state index is 12.6. The Labute approximate surface area is 225 Å². The van der Waals surface area contributed by atoms with E-state index in [1.54, 1.807) is 48.5 Å². The summed E-state index contributed by atoms with van der Waals surface area (Å²) < 4.78 is 17.9. The molecule has 0 aliphatic heterocycles. The molecular weight excluding hydrogens is 494 g/mol. The second-order valence-corrected chi connectivity index (χ2v) is 8.70. The van der Waals surface area contributed by atoms with Gasteiger partial charge >= 0.3 is 0 Å². The SMILES string of the molecule is Nc1ccccc1NC(=O)c1ccc(OCCN(C=O)c2oc3ccccc3c2COc2ccccc2)cc1. The van der Waals surface area contributed by atoms with Crippen LogP contribution in [0.3, 0.4) is 0 Å². The summed E-state index contributed by atoms with van der Waals surface area (Å²) in [6, 6.07) is 30.9. The van der Waals surface area contributed by atoms with E-state index in [-0.39, 0.29) is 25.7 Å². The molecule has 1 aromatic heterocycles. The minimum atomic E-state index is -0.276. The van der Waals surface area contributed by atoms with Crippen molar-refractivity contribution in [1.82, 2.24) is 0 Å². The predicted molar refractivity (Wildman–Crippen MR) is 151 cm³/mol. The molecule has 0 aliphatic carbocycles. The zero-order valence-electron chi connectivity index (χ0n) is 21.1. The number of nitrogens with zero attached hydrogens (tertiary/aromatic N) is 1. The average Bonchev–Trinajstić information content (AvgIpc) is 3.34. The van der Waals surface area contributed by atoms with Crippen molar-refractivity contribution in [3.8, 4) is 11.5 Å². The Bertz CT molecular complexity index is 1560. The summed E-state index contributed by atoms with van der Waals surface area (Å²) in [6.45, 7) is 0.692. The Morgan fingerprint density at radius 2 is 1.54 bits per heavy atom.